The molecule has 0 aromatic carbocycles. The van der Waals surface area contributed by atoms with Crippen LogP contribution in [0, 0.1) is 11.8 Å². The van der Waals surface area contributed by atoms with Gasteiger partial charge in [0.25, 0.3) is 0 Å². The van der Waals surface area contributed by atoms with Gasteiger partial charge in [-0.2, -0.15) is 0 Å². The zero-order valence-electron chi connectivity index (χ0n) is 9.58. The SMILES string of the molecule is CCOC(C)[C@@H]1C(=O)CCC[C@H]1CC. The van der Waals surface area contributed by atoms with E-state index in [1.54, 1.807) is 0 Å². The Morgan fingerprint density at radius 3 is 2.79 bits per heavy atom. The largest absolute Gasteiger partial charge is 0.378 e. The normalized spacial score (nSPS) is 30.4. The Hall–Kier alpha value is -0.370. The first-order chi connectivity index (χ1) is 6.70. The summed E-state index contributed by atoms with van der Waals surface area (Å²) in [5.41, 5.74) is 0. The van der Waals surface area contributed by atoms with Crippen molar-refractivity contribution in [2.45, 2.75) is 52.6 Å². The lowest BCUT2D eigenvalue weighted by molar-refractivity contribution is -0.133. The number of Topliss-reactive ketones (excluding diaryl/α,β-unsaturated/α-hetero) is 1. The van der Waals surface area contributed by atoms with Gasteiger partial charge in [-0.3, -0.25) is 4.79 Å². The molecule has 1 saturated carbocycles. The van der Waals surface area contributed by atoms with Gasteiger partial charge < -0.3 is 4.74 Å². The number of ether oxygens (including phenoxy) is 1. The summed E-state index contributed by atoms with van der Waals surface area (Å²) in [6, 6.07) is 0. The van der Waals surface area contributed by atoms with E-state index in [-0.39, 0.29) is 12.0 Å². The number of carbonyl (C=O) groups excluding carboxylic acids is 1. The van der Waals surface area contributed by atoms with Crippen LogP contribution in [0.3, 0.4) is 0 Å². The number of carbonyl (C=O) groups is 1. The monoisotopic (exact) mass is 198 g/mol. The van der Waals surface area contributed by atoms with E-state index in [9.17, 15) is 4.79 Å². The van der Waals surface area contributed by atoms with Crippen LogP contribution in [0.15, 0.2) is 0 Å². The summed E-state index contributed by atoms with van der Waals surface area (Å²) in [5, 5.41) is 0. The minimum absolute atomic E-state index is 0.109. The van der Waals surface area contributed by atoms with Crippen molar-refractivity contribution in [3.8, 4) is 0 Å². The second-order valence-corrected chi connectivity index (χ2v) is 4.21. The van der Waals surface area contributed by atoms with E-state index < -0.39 is 0 Å². The van der Waals surface area contributed by atoms with E-state index in [0.29, 0.717) is 18.3 Å². The molecule has 1 fully saturated rings. The molecule has 0 radical (unpaired) electrons. The number of rotatable bonds is 4. The van der Waals surface area contributed by atoms with Crippen LogP contribution < -0.4 is 0 Å². The minimum Gasteiger partial charge on any atom is -0.378 e. The first kappa shape index (κ1) is 11.7. The average Bonchev–Trinajstić information content (AvgIpc) is 2.17. The van der Waals surface area contributed by atoms with Crippen LogP contribution in [-0.2, 0) is 9.53 Å². The predicted octanol–water partition coefficient (Wildman–Crippen LogP) is 2.81. The molecule has 0 aromatic rings. The van der Waals surface area contributed by atoms with Gasteiger partial charge in [-0.05, 0) is 32.6 Å². The smallest absolute Gasteiger partial charge is 0.138 e. The summed E-state index contributed by atoms with van der Waals surface area (Å²) in [4.78, 5) is 11.8. The van der Waals surface area contributed by atoms with Crippen LogP contribution in [0.1, 0.15) is 46.5 Å². The Morgan fingerprint density at radius 1 is 1.50 bits per heavy atom. The Balaban J connectivity index is 2.63. The summed E-state index contributed by atoms with van der Waals surface area (Å²) in [7, 11) is 0. The van der Waals surface area contributed by atoms with Gasteiger partial charge in [0.2, 0.25) is 0 Å². The van der Waals surface area contributed by atoms with Crippen LogP contribution in [0.5, 0.6) is 0 Å². The van der Waals surface area contributed by atoms with Crippen molar-refractivity contribution in [3.63, 3.8) is 0 Å². The van der Waals surface area contributed by atoms with Crippen molar-refractivity contribution in [1.29, 1.82) is 0 Å². The summed E-state index contributed by atoms with van der Waals surface area (Å²) in [6.07, 6.45) is 4.25. The molecular weight excluding hydrogens is 176 g/mol. The van der Waals surface area contributed by atoms with Crippen molar-refractivity contribution >= 4 is 5.78 Å². The van der Waals surface area contributed by atoms with E-state index in [1.165, 1.54) is 6.42 Å². The van der Waals surface area contributed by atoms with Gasteiger partial charge in [0.05, 0.1) is 6.10 Å². The maximum Gasteiger partial charge on any atom is 0.138 e. The van der Waals surface area contributed by atoms with Gasteiger partial charge in [0, 0.05) is 18.9 Å². The van der Waals surface area contributed by atoms with Gasteiger partial charge in [-0.25, -0.2) is 0 Å². The van der Waals surface area contributed by atoms with Crippen molar-refractivity contribution in [3.05, 3.63) is 0 Å². The molecule has 82 valence electrons. The van der Waals surface area contributed by atoms with Gasteiger partial charge >= 0.3 is 0 Å². The maximum atomic E-state index is 11.8. The highest BCUT2D eigenvalue weighted by Crippen LogP contribution is 2.33. The highest BCUT2D eigenvalue weighted by atomic mass is 16.5. The van der Waals surface area contributed by atoms with Crippen molar-refractivity contribution in [1.82, 2.24) is 0 Å². The van der Waals surface area contributed by atoms with Gasteiger partial charge in [0.1, 0.15) is 5.78 Å². The van der Waals surface area contributed by atoms with Crippen LogP contribution >= 0.6 is 0 Å². The molecule has 3 atom stereocenters. The Labute approximate surface area is 87.0 Å². The molecule has 0 spiro atoms. The quantitative estimate of drug-likeness (QED) is 0.694. The number of hydrogen-bond acceptors (Lipinski definition) is 2. The van der Waals surface area contributed by atoms with Crippen LogP contribution in [0.4, 0.5) is 0 Å². The van der Waals surface area contributed by atoms with E-state index >= 15 is 0 Å². The third-order valence-corrected chi connectivity index (χ3v) is 3.34. The zero-order valence-corrected chi connectivity index (χ0v) is 9.58. The standard InChI is InChI=1S/C12H22O2/c1-4-10-7-6-8-11(13)12(10)9(3)14-5-2/h9-10,12H,4-8H2,1-3H3/t9?,10-,12+/m1/s1. The summed E-state index contributed by atoms with van der Waals surface area (Å²) < 4.78 is 5.56. The van der Waals surface area contributed by atoms with Crippen molar-refractivity contribution < 1.29 is 9.53 Å². The molecule has 0 heterocycles. The summed E-state index contributed by atoms with van der Waals surface area (Å²) in [5.74, 6) is 1.13. The molecule has 0 N–H and O–H groups in total. The highest BCUT2D eigenvalue weighted by Gasteiger charge is 2.34. The first-order valence-corrected chi connectivity index (χ1v) is 5.85. The molecule has 0 aromatic heterocycles. The van der Waals surface area contributed by atoms with Crippen LogP contribution in [0.25, 0.3) is 0 Å². The lowest BCUT2D eigenvalue weighted by Gasteiger charge is -2.33. The average molecular weight is 198 g/mol. The highest BCUT2D eigenvalue weighted by molar-refractivity contribution is 5.82. The van der Waals surface area contributed by atoms with Gasteiger partial charge in [-0.15, -0.1) is 0 Å². The second-order valence-electron chi connectivity index (χ2n) is 4.21. The molecule has 0 aliphatic heterocycles. The van der Waals surface area contributed by atoms with Gasteiger partial charge in [-0.1, -0.05) is 13.3 Å². The Morgan fingerprint density at radius 2 is 2.21 bits per heavy atom. The summed E-state index contributed by atoms with van der Waals surface area (Å²) in [6.45, 7) is 6.92. The molecule has 2 heteroatoms. The Bertz CT molecular complexity index is 189. The third-order valence-electron chi connectivity index (χ3n) is 3.34. The second kappa shape index (κ2) is 5.50. The minimum atomic E-state index is 0.109. The number of hydrogen-bond donors (Lipinski definition) is 0. The third kappa shape index (κ3) is 2.57. The fourth-order valence-corrected chi connectivity index (χ4v) is 2.62. The maximum absolute atomic E-state index is 11.8. The van der Waals surface area contributed by atoms with Gasteiger partial charge in [0.15, 0.2) is 0 Å². The number of ketones is 1. The first-order valence-electron chi connectivity index (χ1n) is 5.85. The molecule has 1 rings (SSSR count). The molecule has 14 heavy (non-hydrogen) atoms. The molecule has 1 aliphatic carbocycles. The van der Waals surface area contributed by atoms with Crippen LogP contribution in [0.2, 0.25) is 0 Å². The molecular formula is C12H22O2. The Kier molecular flexibility index (Phi) is 4.59. The van der Waals surface area contributed by atoms with E-state index in [2.05, 4.69) is 6.92 Å². The zero-order chi connectivity index (χ0) is 10.6. The molecule has 1 unspecified atom stereocenters. The lowest BCUT2D eigenvalue weighted by Crippen LogP contribution is -2.37. The molecule has 0 bridgehead atoms. The fourth-order valence-electron chi connectivity index (χ4n) is 2.62. The van der Waals surface area contributed by atoms with Crippen LogP contribution in [-0.4, -0.2) is 18.5 Å². The fraction of sp³-hybridized carbons (Fsp3) is 0.917. The summed E-state index contributed by atoms with van der Waals surface area (Å²) >= 11 is 0. The van der Waals surface area contributed by atoms with E-state index in [0.717, 1.165) is 19.3 Å². The lowest BCUT2D eigenvalue weighted by atomic mass is 9.74. The molecule has 0 amide bonds. The van der Waals surface area contributed by atoms with Crippen molar-refractivity contribution in [2.75, 3.05) is 6.61 Å². The van der Waals surface area contributed by atoms with E-state index in [1.807, 2.05) is 13.8 Å². The predicted molar refractivity (Wildman–Crippen MR) is 57.2 cm³/mol. The van der Waals surface area contributed by atoms with E-state index in [4.69, 9.17) is 4.74 Å². The molecule has 1 aliphatic rings. The van der Waals surface area contributed by atoms with Crippen molar-refractivity contribution in [2.24, 2.45) is 11.8 Å². The molecule has 0 saturated heterocycles. The topological polar surface area (TPSA) is 26.3 Å². The molecule has 2 nitrogen and oxygen atoms in total.